The van der Waals surface area contributed by atoms with Gasteiger partial charge in [0.05, 0.1) is 0 Å². The van der Waals surface area contributed by atoms with Crippen LogP contribution in [0.4, 0.5) is 0 Å². The predicted molar refractivity (Wildman–Crippen MR) is 67.8 cm³/mol. The second kappa shape index (κ2) is 5.87. The van der Waals surface area contributed by atoms with E-state index in [0.29, 0.717) is 18.3 Å². The molecule has 0 aliphatic carbocycles. The first-order chi connectivity index (χ1) is 7.43. The van der Waals surface area contributed by atoms with E-state index in [2.05, 4.69) is 31.0 Å². The normalized spacial score (nSPS) is 19.8. The molecule has 3 nitrogen and oxygen atoms in total. The summed E-state index contributed by atoms with van der Waals surface area (Å²) in [6.45, 7) is 8.84. The number of nitrogens with one attached hydrogen (secondary N) is 1. The largest absolute Gasteiger partial charge is 0.353 e. The van der Waals surface area contributed by atoms with Crippen LogP contribution in [0.3, 0.4) is 0 Å². The van der Waals surface area contributed by atoms with Gasteiger partial charge < -0.3 is 5.32 Å². The Morgan fingerprint density at radius 2 is 1.94 bits per heavy atom. The minimum absolute atomic E-state index is 0.0872. The summed E-state index contributed by atoms with van der Waals surface area (Å²) in [5, 5.41) is 3.04. The third-order valence-corrected chi connectivity index (χ3v) is 3.32. The molecular formula is C12H23ClN2O. The first kappa shape index (κ1) is 13.8. The number of nitrogens with zero attached hydrogens (tertiary/aromatic N) is 1. The molecule has 1 heterocycles. The van der Waals surface area contributed by atoms with Gasteiger partial charge >= 0.3 is 0 Å². The maximum absolute atomic E-state index is 11.4. The van der Waals surface area contributed by atoms with Crippen LogP contribution in [0.5, 0.6) is 0 Å². The maximum Gasteiger partial charge on any atom is 0.221 e. The van der Waals surface area contributed by atoms with Gasteiger partial charge in [-0.15, -0.1) is 11.6 Å². The Balaban J connectivity index is 2.30. The molecule has 0 unspecified atom stereocenters. The number of halogens is 1. The molecule has 0 aromatic rings. The smallest absolute Gasteiger partial charge is 0.221 e. The molecule has 16 heavy (non-hydrogen) atoms. The lowest BCUT2D eigenvalue weighted by atomic mass is 9.98. The molecule has 94 valence electrons. The Bertz CT molecular complexity index is 230. The van der Waals surface area contributed by atoms with Crippen LogP contribution in [0.1, 0.15) is 40.0 Å². The van der Waals surface area contributed by atoms with Gasteiger partial charge in [-0.25, -0.2) is 0 Å². The van der Waals surface area contributed by atoms with E-state index in [9.17, 15) is 4.79 Å². The highest BCUT2D eigenvalue weighted by Gasteiger charge is 2.27. The van der Waals surface area contributed by atoms with Crippen molar-refractivity contribution in [3.63, 3.8) is 0 Å². The molecule has 0 spiro atoms. The third-order valence-electron chi connectivity index (χ3n) is 3.13. The van der Waals surface area contributed by atoms with Gasteiger partial charge in [-0.2, -0.15) is 0 Å². The summed E-state index contributed by atoms with van der Waals surface area (Å²) in [5.74, 6) is 0.497. The molecule has 0 aromatic carbocycles. The van der Waals surface area contributed by atoms with Crippen LogP contribution in [0.15, 0.2) is 0 Å². The minimum Gasteiger partial charge on any atom is -0.353 e. The number of carbonyl (C=O) groups is 1. The first-order valence-electron chi connectivity index (χ1n) is 6.04. The van der Waals surface area contributed by atoms with Crippen LogP contribution in [0.2, 0.25) is 0 Å². The zero-order chi connectivity index (χ0) is 12.2. The lowest BCUT2D eigenvalue weighted by Crippen LogP contribution is -2.50. The fraction of sp³-hybridized carbons (Fsp3) is 0.917. The fourth-order valence-electron chi connectivity index (χ4n) is 2.08. The lowest BCUT2D eigenvalue weighted by Gasteiger charge is -2.41. The molecule has 1 amide bonds. The maximum atomic E-state index is 11.4. The Kier molecular flexibility index (Phi) is 5.06. The lowest BCUT2D eigenvalue weighted by molar-refractivity contribution is -0.121. The van der Waals surface area contributed by atoms with Gasteiger partial charge in [0.1, 0.15) is 0 Å². The number of likely N-dealkylation sites (tertiary alicyclic amines) is 1. The van der Waals surface area contributed by atoms with Gasteiger partial charge in [-0.3, -0.25) is 9.69 Å². The monoisotopic (exact) mass is 246 g/mol. The van der Waals surface area contributed by atoms with Crippen LogP contribution >= 0.6 is 11.6 Å². The van der Waals surface area contributed by atoms with E-state index in [1.807, 2.05) is 0 Å². The fourth-order valence-corrected chi connectivity index (χ4v) is 2.25. The summed E-state index contributed by atoms with van der Waals surface area (Å²) in [5.41, 5.74) is 0.241. The van der Waals surface area contributed by atoms with E-state index in [4.69, 9.17) is 11.6 Å². The number of amides is 1. The molecule has 0 atom stereocenters. The SMILES string of the molecule is CC(C)(C)N1CCC(NC(=O)CCCl)CC1. The number of alkyl halides is 1. The van der Waals surface area contributed by atoms with Crippen molar-refractivity contribution in [2.75, 3.05) is 19.0 Å². The van der Waals surface area contributed by atoms with E-state index in [-0.39, 0.29) is 11.4 Å². The summed E-state index contributed by atoms with van der Waals surface area (Å²) in [6, 6.07) is 0.342. The molecule has 0 saturated carbocycles. The van der Waals surface area contributed by atoms with E-state index >= 15 is 0 Å². The highest BCUT2D eigenvalue weighted by molar-refractivity contribution is 6.18. The molecule has 1 N–H and O–H groups in total. The van der Waals surface area contributed by atoms with E-state index in [1.165, 1.54) is 0 Å². The molecule has 1 aliphatic rings. The summed E-state index contributed by atoms with van der Waals surface area (Å²) < 4.78 is 0. The van der Waals surface area contributed by atoms with Crippen molar-refractivity contribution in [1.82, 2.24) is 10.2 Å². The molecule has 4 heteroatoms. The molecule has 1 aliphatic heterocycles. The second-order valence-electron chi connectivity index (χ2n) is 5.44. The Labute approximate surface area is 104 Å². The second-order valence-corrected chi connectivity index (χ2v) is 5.82. The van der Waals surface area contributed by atoms with E-state index in [1.54, 1.807) is 0 Å². The van der Waals surface area contributed by atoms with Crippen molar-refractivity contribution < 1.29 is 4.79 Å². The van der Waals surface area contributed by atoms with E-state index in [0.717, 1.165) is 25.9 Å². The van der Waals surface area contributed by atoms with Crippen LogP contribution in [0.25, 0.3) is 0 Å². The van der Waals surface area contributed by atoms with Gasteiger partial charge in [0.25, 0.3) is 0 Å². The molecule has 0 bridgehead atoms. The number of hydrogen-bond donors (Lipinski definition) is 1. The summed E-state index contributed by atoms with van der Waals surface area (Å²) in [4.78, 5) is 13.8. The zero-order valence-electron chi connectivity index (χ0n) is 10.6. The summed E-state index contributed by atoms with van der Waals surface area (Å²) >= 11 is 5.53. The van der Waals surface area contributed by atoms with E-state index < -0.39 is 0 Å². The van der Waals surface area contributed by atoms with Crippen LogP contribution < -0.4 is 5.32 Å². The number of hydrogen-bond acceptors (Lipinski definition) is 2. The molecule has 0 radical (unpaired) electrons. The molecular weight excluding hydrogens is 224 g/mol. The average molecular weight is 247 g/mol. The number of rotatable bonds is 3. The standard InChI is InChI=1S/C12H23ClN2O/c1-12(2,3)15-8-5-10(6-9-15)14-11(16)4-7-13/h10H,4-9H2,1-3H3,(H,14,16). The molecule has 1 fully saturated rings. The van der Waals surface area contributed by atoms with Crippen molar-refractivity contribution in [2.24, 2.45) is 0 Å². The topological polar surface area (TPSA) is 32.3 Å². The van der Waals surface area contributed by atoms with Gasteiger partial charge in [0, 0.05) is 37.0 Å². The van der Waals surface area contributed by atoms with Crippen LogP contribution in [0, 0.1) is 0 Å². The van der Waals surface area contributed by atoms with Crippen LogP contribution in [-0.2, 0) is 4.79 Å². The number of carbonyl (C=O) groups excluding carboxylic acids is 1. The number of piperidine rings is 1. The van der Waals surface area contributed by atoms with Crippen molar-refractivity contribution in [1.29, 1.82) is 0 Å². The van der Waals surface area contributed by atoms with Crippen LogP contribution in [-0.4, -0.2) is 41.4 Å². The van der Waals surface area contributed by atoms with Crippen molar-refractivity contribution in [2.45, 2.75) is 51.6 Å². The molecule has 0 aromatic heterocycles. The summed E-state index contributed by atoms with van der Waals surface area (Å²) in [6.07, 6.45) is 2.53. The zero-order valence-corrected chi connectivity index (χ0v) is 11.3. The Hall–Kier alpha value is -0.280. The predicted octanol–water partition coefficient (Wildman–Crippen LogP) is 1.99. The minimum atomic E-state index is 0.0872. The van der Waals surface area contributed by atoms with Gasteiger partial charge in [0.2, 0.25) is 5.91 Å². The van der Waals surface area contributed by atoms with Gasteiger partial charge in [0.15, 0.2) is 0 Å². The highest BCUT2D eigenvalue weighted by Crippen LogP contribution is 2.19. The van der Waals surface area contributed by atoms with Crippen molar-refractivity contribution >= 4 is 17.5 Å². The summed E-state index contributed by atoms with van der Waals surface area (Å²) in [7, 11) is 0. The molecule has 1 saturated heterocycles. The Morgan fingerprint density at radius 3 is 2.38 bits per heavy atom. The van der Waals surface area contributed by atoms with Gasteiger partial charge in [-0.05, 0) is 33.6 Å². The Morgan fingerprint density at radius 1 is 1.38 bits per heavy atom. The first-order valence-corrected chi connectivity index (χ1v) is 6.57. The van der Waals surface area contributed by atoms with Crippen molar-refractivity contribution in [3.8, 4) is 0 Å². The van der Waals surface area contributed by atoms with Gasteiger partial charge in [-0.1, -0.05) is 0 Å². The third kappa shape index (κ3) is 4.30. The highest BCUT2D eigenvalue weighted by atomic mass is 35.5. The average Bonchev–Trinajstić information content (AvgIpc) is 2.17. The van der Waals surface area contributed by atoms with Crippen molar-refractivity contribution in [3.05, 3.63) is 0 Å². The quantitative estimate of drug-likeness (QED) is 0.773. The molecule has 1 rings (SSSR count).